The van der Waals surface area contributed by atoms with E-state index in [4.69, 9.17) is 4.74 Å². The summed E-state index contributed by atoms with van der Waals surface area (Å²) in [7, 11) is 3.45. The van der Waals surface area contributed by atoms with Crippen LogP contribution in [0.15, 0.2) is 53.7 Å². The number of nitrogens with one attached hydrogen (secondary N) is 2. The van der Waals surface area contributed by atoms with E-state index in [-0.39, 0.29) is 0 Å². The first-order chi connectivity index (χ1) is 13.7. The van der Waals surface area contributed by atoms with Crippen molar-refractivity contribution in [2.45, 2.75) is 44.9 Å². The number of piperidine rings is 1. The van der Waals surface area contributed by atoms with Crippen LogP contribution in [-0.4, -0.2) is 48.6 Å². The van der Waals surface area contributed by atoms with Crippen LogP contribution >= 0.6 is 0 Å². The van der Waals surface area contributed by atoms with Crippen molar-refractivity contribution >= 4 is 5.96 Å². The Morgan fingerprint density at radius 1 is 1.25 bits per heavy atom. The monoisotopic (exact) mass is 381 g/mol. The van der Waals surface area contributed by atoms with Crippen molar-refractivity contribution in [3.63, 3.8) is 0 Å². The normalized spacial score (nSPS) is 20.6. The van der Waals surface area contributed by atoms with E-state index < -0.39 is 0 Å². The van der Waals surface area contributed by atoms with Gasteiger partial charge in [-0.05, 0) is 37.0 Å². The van der Waals surface area contributed by atoms with E-state index >= 15 is 0 Å². The first kappa shape index (κ1) is 20.1. The zero-order valence-electron chi connectivity index (χ0n) is 17.1. The van der Waals surface area contributed by atoms with Gasteiger partial charge in [-0.2, -0.15) is 0 Å². The number of hydrogen-bond acceptors (Lipinski definition) is 4. The van der Waals surface area contributed by atoms with Crippen LogP contribution in [0.25, 0.3) is 0 Å². The van der Waals surface area contributed by atoms with Gasteiger partial charge in [-0.3, -0.25) is 9.89 Å². The number of nitrogens with zero attached hydrogens (tertiary/aromatic N) is 3. The molecule has 2 N–H and O–H groups in total. The molecule has 6 heteroatoms. The standard InChI is InChI=1S/C22H31N5O/c1-17-13-20(10-12-27(17)16-18-7-5-4-6-8-18)26-22(23-2)25-15-19-9-11-24-21(14-19)28-3/h4-9,11,14,17,20H,10,12-13,15-16H2,1-3H3,(H2,23,25,26). The predicted molar refractivity (Wildman–Crippen MR) is 113 cm³/mol. The Morgan fingerprint density at radius 3 is 2.79 bits per heavy atom. The molecule has 6 nitrogen and oxygen atoms in total. The number of ether oxygens (including phenoxy) is 1. The Balaban J connectivity index is 1.47. The van der Waals surface area contributed by atoms with E-state index in [0.29, 0.717) is 24.5 Å². The van der Waals surface area contributed by atoms with Crippen LogP contribution in [0, 0.1) is 0 Å². The summed E-state index contributed by atoms with van der Waals surface area (Å²) in [5, 5.41) is 6.98. The minimum Gasteiger partial charge on any atom is -0.481 e. The second-order valence-electron chi connectivity index (χ2n) is 7.30. The molecule has 1 saturated heterocycles. The van der Waals surface area contributed by atoms with E-state index in [0.717, 1.165) is 37.5 Å². The Labute approximate surface area is 168 Å². The van der Waals surface area contributed by atoms with Crippen LogP contribution in [0.5, 0.6) is 5.88 Å². The van der Waals surface area contributed by atoms with Gasteiger partial charge in [-0.25, -0.2) is 4.98 Å². The molecule has 0 amide bonds. The van der Waals surface area contributed by atoms with E-state index in [1.165, 1.54) is 5.56 Å². The maximum absolute atomic E-state index is 5.18. The summed E-state index contributed by atoms with van der Waals surface area (Å²) in [6.45, 7) is 5.11. The molecule has 28 heavy (non-hydrogen) atoms. The fourth-order valence-corrected chi connectivity index (χ4v) is 3.65. The number of aliphatic imine (C=N–C) groups is 1. The number of benzene rings is 1. The van der Waals surface area contributed by atoms with Gasteiger partial charge in [-0.15, -0.1) is 0 Å². The quantitative estimate of drug-likeness (QED) is 0.595. The fourth-order valence-electron chi connectivity index (χ4n) is 3.65. The summed E-state index contributed by atoms with van der Waals surface area (Å²) < 4.78 is 5.18. The first-order valence-corrected chi connectivity index (χ1v) is 9.92. The highest BCUT2D eigenvalue weighted by atomic mass is 16.5. The van der Waals surface area contributed by atoms with E-state index in [1.54, 1.807) is 13.3 Å². The summed E-state index contributed by atoms with van der Waals surface area (Å²) >= 11 is 0. The van der Waals surface area contributed by atoms with Gasteiger partial charge in [0.1, 0.15) is 0 Å². The number of pyridine rings is 1. The molecule has 2 heterocycles. The summed E-state index contributed by atoms with van der Waals surface area (Å²) in [4.78, 5) is 11.1. The zero-order chi connectivity index (χ0) is 19.8. The van der Waals surface area contributed by atoms with Crippen LogP contribution in [0.2, 0.25) is 0 Å². The van der Waals surface area contributed by atoms with Crippen molar-refractivity contribution in [1.82, 2.24) is 20.5 Å². The van der Waals surface area contributed by atoms with Crippen molar-refractivity contribution in [3.8, 4) is 5.88 Å². The van der Waals surface area contributed by atoms with Gasteiger partial charge in [0, 0.05) is 51.0 Å². The summed E-state index contributed by atoms with van der Waals surface area (Å²) in [5.41, 5.74) is 2.49. The molecule has 0 aliphatic carbocycles. The van der Waals surface area contributed by atoms with E-state index in [2.05, 4.69) is 62.8 Å². The van der Waals surface area contributed by atoms with Crippen LogP contribution in [0.1, 0.15) is 30.9 Å². The van der Waals surface area contributed by atoms with Crippen molar-refractivity contribution < 1.29 is 4.74 Å². The molecule has 2 aromatic rings. The van der Waals surface area contributed by atoms with Crippen molar-refractivity contribution in [1.29, 1.82) is 0 Å². The molecular weight excluding hydrogens is 350 g/mol. The SMILES string of the molecule is CN=C(NCc1ccnc(OC)c1)NC1CCN(Cc2ccccc2)C(C)C1. The molecule has 1 aliphatic heterocycles. The number of guanidine groups is 1. The minimum atomic E-state index is 0.431. The zero-order valence-corrected chi connectivity index (χ0v) is 17.1. The molecule has 1 aromatic heterocycles. The van der Waals surface area contributed by atoms with Gasteiger partial charge in [0.25, 0.3) is 0 Å². The highest BCUT2D eigenvalue weighted by molar-refractivity contribution is 5.79. The molecule has 150 valence electrons. The van der Waals surface area contributed by atoms with Crippen molar-refractivity contribution in [2.24, 2.45) is 4.99 Å². The summed E-state index contributed by atoms with van der Waals surface area (Å²) in [5.74, 6) is 1.46. The third-order valence-corrected chi connectivity index (χ3v) is 5.28. The van der Waals surface area contributed by atoms with Gasteiger partial charge >= 0.3 is 0 Å². The Kier molecular flexibility index (Phi) is 7.25. The van der Waals surface area contributed by atoms with Crippen LogP contribution in [0.3, 0.4) is 0 Å². The number of hydrogen-bond donors (Lipinski definition) is 2. The highest BCUT2D eigenvalue weighted by Crippen LogP contribution is 2.20. The smallest absolute Gasteiger partial charge is 0.213 e. The number of rotatable bonds is 6. The Morgan fingerprint density at radius 2 is 2.07 bits per heavy atom. The van der Waals surface area contributed by atoms with Crippen LogP contribution < -0.4 is 15.4 Å². The molecule has 1 aliphatic rings. The molecule has 1 fully saturated rings. The van der Waals surface area contributed by atoms with Crippen LogP contribution in [-0.2, 0) is 13.1 Å². The lowest BCUT2D eigenvalue weighted by atomic mass is 9.97. The average Bonchev–Trinajstić information content (AvgIpc) is 2.74. The predicted octanol–water partition coefficient (Wildman–Crippen LogP) is 2.81. The van der Waals surface area contributed by atoms with E-state index in [9.17, 15) is 0 Å². The highest BCUT2D eigenvalue weighted by Gasteiger charge is 2.25. The Hall–Kier alpha value is -2.60. The lowest BCUT2D eigenvalue weighted by Crippen LogP contribution is -2.51. The number of likely N-dealkylation sites (tertiary alicyclic amines) is 1. The van der Waals surface area contributed by atoms with Gasteiger partial charge in [-0.1, -0.05) is 30.3 Å². The lowest BCUT2D eigenvalue weighted by Gasteiger charge is -2.38. The fraction of sp³-hybridized carbons (Fsp3) is 0.455. The molecular formula is C22H31N5O. The van der Waals surface area contributed by atoms with Gasteiger partial charge in [0.2, 0.25) is 5.88 Å². The maximum atomic E-state index is 5.18. The third-order valence-electron chi connectivity index (χ3n) is 5.28. The van der Waals surface area contributed by atoms with Gasteiger partial charge in [0.15, 0.2) is 5.96 Å². The molecule has 0 saturated carbocycles. The second kappa shape index (κ2) is 10.1. The molecule has 0 radical (unpaired) electrons. The maximum Gasteiger partial charge on any atom is 0.213 e. The number of aromatic nitrogens is 1. The summed E-state index contributed by atoms with van der Waals surface area (Å²) in [6.07, 6.45) is 3.98. The second-order valence-corrected chi connectivity index (χ2v) is 7.30. The topological polar surface area (TPSA) is 61.8 Å². The van der Waals surface area contributed by atoms with Gasteiger partial charge in [0.05, 0.1) is 7.11 Å². The van der Waals surface area contributed by atoms with Gasteiger partial charge < -0.3 is 15.4 Å². The molecule has 3 rings (SSSR count). The minimum absolute atomic E-state index is 0.431. The Bertz CT molecular complexity index is 765. The van der Waals surface area contributed by atoms with E-state index in [1.807, 2.05) is 19.2 Å². The molecule has 0 bridgehead atoms. The molecule has 1 aromatic carbocycles. The lowest BCUT2D eigenvalue weighted by molar-refractivity contribution is 0.134. The average molecular weight is 382 g/mol. The van der Waals surface area contributed by atoms with Crippen molar-refractivity contribution in [3.05, 3.63) is 59.8 Å². The largest absolute Gasteiger partial charge is 0.481 e. The van der Waals surface area contributed by atoms with Crippen molar-refractivity contribution in [2.75, 3.05) is 20.7 Å². The van der Waals surface area contributed by atoms with Crippen LogP contribution in [0.4, 0.5) is 0 Å². The summed E-state index contributed by atoms with van der Waals surface area (Å²) in [6, 6.07) is 15.6. The number of methoxy groups -OCH3 is 1. The molecule has 2 atom stereocenters. The molecule has 0 spiro atoms. The first-order valence-electron chi connectivity index (χ1n) is 9.92. The third kappa shape index (κ3) is 5.70. The molecule has 2 unspecified atom stereocenters.